The first-order valence-corrected chi connectivity index (χ1v) is 10.7. The Labute approximate surface area is 175 Å². The highest BCUT2D eigenvalue weighted by Crippen LogP contribution is 2.41. The molecule has 7 heteroatoms. The molecule has 0 saturated carbocycles. The van der Waals surface area contributed by atoms with E-state index in [-0.39, 0.29) is 11.9 Å². The summed E-state index contributed by atoms with van der Waals surface area (Å²) in [4.78, 5) is 26.8. The standard InChI is InChI=1S/C22H27NO5S/c1-5-13-7-8-17-18(9-13)29-21(19(17)22(25)28-6-2)23-20(24)14-10-15(26-3)12-16(11-14)27-4/h10-13H,5-9H2,1-4H3,(H,23,24)/t13-/m0/s1. The Morgan fingerprint density at radius 3 is 2.41 bits per heavy atom. The summed E-state index contributed by atoms with van der Waals surface area (Å²) in [5, 5.41) is 3.48. The molecular formula is C22H27NO5S. The van der Waals surface area contributed by atoms with Gasteiger partial charge in [-0.3, -0.25) is 4.79 Å². The van der Waals surface area contributed by atoms with Crippen LogP contribution in [0.3, 0.4) is 0 Å². The second-order valence-corrected chi connectivity index (χ2v) is 8.11. The highest BCUT2D eigenvalue weighted by molar-refractivity contribution is 7.17. The van der Waals surface area contributed by atoms with Crippen LogP contribution in [0.5, 0.6) is 11.5 Å². The molecule has 1 aliphatic carbocycles. The van der Waals surface area contributed by atoms with Gasteiger partial charge in [-0.2, -0.15) is 0 Å². The number of carbonyl (C=O) groups is 2. The van der Waals surface area contributed by atoms with Crippen molar-refractivity contribution in [2.75, 3.05) is 26.1 Å². The molecule has 3 rings (SSSR count). The molecule has 6 nitrogen and oxygen atoms in total. The lowest BCUT2D eigenvalue weighted by atomic mass is 9.85. The van der Waals surface area contributed by atoms with Crippen molar-refractivity contribution in [3.63, 3.8) is 0 Å². The van der Waals surface area contributed by atoms with Crippen LogP contribution in [-0.4, -0.2) is 32.7 Å². The van der Waals surface area contributed by atoms with Crippen LogP contribution in [0.25, 0.3) is 0 Å². The molecular weight excluding hydrogens is 390 g/mol. The SMILES string of the molecule is CCOC(=O)c1c(NC(=O)c2cc(OC)cc(OC)c2)sc2c1CC[C@H](CC)C2. The van der Waals surface area contributed by atoms with Gasteiger partial charge in [-0.05, 0) is 49.8 Å². The summed E-state index contributed by atoms with van der Waals surface area (Å²) in [5.74, 6) is 0.965. The summed E-state index contributed by atoms with van der Waals surface area (Å²) in [6.45, 7) is 4.26. The predicted molar refractivity (Wildman–Crippen MR) is 114 cm³/mol. The average molecular weight is 418 g/mol. The van der Waals surface area contributed by atoms with Crippen LogP contribution in [0.1, 0.15) is 57.8 Å². The quantitative estimate of drug-likeness (QED) is 0.661. The summed E-state index contributed by atoms with van der Waals surface area (Å²) in [5.41, 5.74) is 1.93. The zero-order valence-corrected chi connectivity index (χ0v) is 18.1. The predicted octanol–water partition coefficient (Wildman–Crippen LogP) is 4.71. The molecule has 2 aromatic rings. The molecule has 0 bridgehead atoms. The fourth-order valence-corrected chi connectivity index (χ4v) is 4.97. The number of fused-ring (bicyclic) bond motifs is 1. The van der Waals surface area contributed by atoms with Crippen LogP contribution >= 0.6 is 11.3 Å². The molecule has 0 spiro atoms. The van der Waals surface area contributed by atoms with E-state index in [4.69, 9.17) is 14.2 Å². The normalized spacial score (nSPS) is 15.4. The Hall–Kier alpha value is -2.54. The van der Waals surface area contributed by atoms with Gasteiger partial charge in [0, 0.05) is 16.5 Å². The van der Waals surface area contributed by atoms with Crippen molar-refractivity contribution in [3.8, 4) is 11.5 Å². The minimum Gasteiger partial charge on any atom is -0.497 e. The lowest BCUT2D eigenvalue weighted by molar-refractivity contribution is 0.0526. The maximum atomic E-state index is 12.9. The van der Waals surface area contributed by atoms with Gasteiger partial charge in [0.15, 0.2) is 0 Å². The van der Waals surface area contributed by atoms with E-state index in [0.29, 0.717) is 40.2 Å². The highest BCUT2D eigenvalue weighted by Gasteiger charge is 2.30. The fraction of sp³-hybridized carbons (Fsp3) is 0.455. The molecule has 29 heavy (non-hydrogen) atoms. The van der Waals surface area contributed by atoms with E-state index in [1.54, 1.807) is 25.1 Å². The van der Waals surface area contributed by atoms with Crippen molar-refractivity contribution in [2.45, 2.75) is 39.5 Å². The Kier molecular flexibility index (Phi) is 6.79. The molecule has 0 radical (unpaired) electrons. The van der Waals surface area contributed by atoms with Gasteiger partial charge in [-0.25, -0.2) is 4.79 Å². The molecule has 1 heterocycles. The van der Waals surface area contributed by atoms with Crippen LogP contribution < -0.4 is 14.8 Å². The number of methoxy groups -OCH3 is 2. The summed E-state index contributed by atoms with van der Waals surface area (Å²) < 4.78 is 15.8. The Morgan fingerprint density at radius 2 is 1.83 bits per heavy atom. The molecule has 1 atom stereocenters. The first-order chi connectivity index (χ1) is 14.0. The minimum absolute atomic E-state index is 0.293. The summed E-state index contributed by atoms with van der Waals surface area (Å²) >= 11 is 1.48. The van der Waals surface area contributed by atoms with Crippen molar-refractivity contribution >= 4 is 28.2 Å². The van der Waals surface area contributed by atoms with Crippen LogP contribution in [0.15, 0.2) is 18.2 Å². The first kappa shape index (κ1) is 21.2. The van der Waals surface area contributed by atoms with Gasteiger partial charge in [-0.1, -0.05) is 13.3 Å². The third kappa shape index (κ3) is 4.56. The lowest BCUT2D eigenvalue weighted by Crippen LogP contribution is -2.17. The van der Waals surface area contributed by atoms with E-state index in [9.17, 15) is 9.59 Å². The molecule has 1 aromatic carbocycles. The van der Waals surface area contributed by atoms with Gasteiger partial charge in [-0.15, -0.1) is 11.3 Å². The molecule has 0 unspecified atom stereocenters. The molecule has 1 aliphatic rings. The van der Waals surface area contributed by atoms with Crippen molar-refractivity contribution < 1.29 is 23.8 Å². The average Bonchev–Trinajstić information content (AvgIpc) is 3.10. The van der Waals surface area contributed by atoms with Crippen molar-refractivity contribution in [3.05, 3.63) is 39.8 Å². The van der Waals surface area contributed by atoms with Gasteiger partial charge in [0.05, 0.1) is 26.4 Å². The number of hydrogen-bond donors (Lipinski definition) is 1. The number of thiophene rings is 1. The molecule has 0 aliphatic heterocycles. The second kappa shape index (κ2) is 9.31. The number of anilines is 1. The first-order valence-electron chi connectivity index (χ1n) is 9.86. The molecule has 156 valence electrons. The smallest absolute Gasteiger partial charge is 0.341 e. The largest absolute Gasteiger partial charge is 0.497 e. The highest BCUT2D eigenvalue weighted by atomic mass is 32.1. The molecule has 0 fully saturated rings. The number of hydrogen-bond acceptors (Lipinski definition) is 6. The molecule has 1 amide bonds. The monoisotopic (exact) mass is 417 g/mol. The number of amides is 1. The van der Waals surface area contributed by atoms with Gasteiger partial charge < -0.3 is 19.5 Å². The van der Waals surface area contributed by atoms with Gasteiger partial charge in [0.1, 0.15) is 16.5 Å². The van der Waals surface area contributed by atoms with Crippen LogP contribution in [0, 0.1) is 5.92 Å². The Morgan fingerprint density at radius 1 is 1.14 bits per heavy atom. The van der Waals surface area contributed by atoms with Gasteiger partial charge in [0.25, 0.3) is 5.91 Å². The molecule has 1 aromatic heterocycles. The number of ether oxygens (including phenoxy) is 3. The summed E-state index contributed by atoms with van der Waals surface area (Å²) in [7, 11) is 3.07. The zero-order chi connectivity index (χ0) is 21.0. The van der Waals surface area contributed by atoms with Gasteiger partial charge >= 0.3 is 5.97 Å². The van der Waals surface area contributed by atoms with E-state index < -0.39 is 0 Å². The number of rotatable bonds is 7. The van der Waals surface area contributed by atoms with Crippen LogP contribution in [-0.2, 0) is 17.6 Å². The summed E-state index contributed by atoms with van der Waals surface area (Å²) in [6.07, 6.45) is 3.93. The zero-order valence-electron chi connectivity index (χ0n) is 17.3. The van der Waals surface area contributed by atoms with E-state index in [1.165, 1.54) is 30.4 Å². The fourth-order valence-electron chi connectivity index (χ4n) is 3.62. The third-order valence-electron chi connectivity index (χ3n) is 5.26. The van der Waals surface area contributed by atoms with E-state index in [1.807, 2.05) is 0 Å². The van der Waals surface area contributed by atoms with Crippen molar-refractivity contribution in [2.24, 2.45) is 5.92 Å². The van der Waals surface area contributed by atoms with Crippen LogP contribution in [0.2, 0.25) is 0 Å². The maximum absolute atomic E-state index is 12.9. The number of carbonyl (C=O) groups excluding carboxylic acids is 2. The second-order valence-electron chi connectivity index (χ2n) is 7.00. The minimum atomic E-state index is -0.376. The third-order valence-corrected chi connectivity index (χ3v) is 6.43. The van der Waals surface area contributed by atoms with E-state index >= 15 is 0 Å². The summed E-state index contributed by atoms with van der Waals surface area (Å²) in [6, 6.07) is 4.99. The number of nitrogens with one attached hydrogen (secondary N) is 1. The number of esters is 1. The maximum Gasteiger partial charge on any atom is 0.341 e. The Bertz CT molecular complexity index is 883. The van der Waals surface area contributed by atoms with Crippen molar-refractivity contribution in [1.29, 1.82) is 0 Å². The van der Waals surface area contributed by atoms with Gasteiger partial charge in [0.2, 0.25) is 0 Å². The lowest BCUT2D eigenvalue weighted by Gasteiger charge is -2.20. The van der Waals surface area contributed by atoms with Crippen LogP contribution in [0.4, 0.5) is 5.00 Å². The van der Waals surface area contributed by atoms with E-state index in [0.717, 1.165) is 31.2 Å². The molecule has 0 saturated heterocycles. The Balaban J connectivity index is 1.95. The van der Waals surface area contributed by atoms with E-state index in [2.05, 4.69) is 12.2 Å². The molecule has 1 N–H and O–H groups in total. The topological polar surface area (TPSA) is 73.9 Å². The number of benzene rings is 1. The van der Waals surface area contributed by atoms with Crippen molar-refractivity contribution in [1.82, 2.24) is 0 Å².